The van der Waals surface area contributed by atoms with Gasteiger partial charge in [-0.15, -0.1) is 11.3 Å². The Labute approximate surface area is 187 Å². The molecule has 1 fully saturated rings. The number of hydrogen-bond acceptors (Lipinski definition) is 5. The number of carbonyl (C=O) groups is 3. The van der Waals surface area contributed by atoms with Crippen molar-refractivity contribution in [3.8, 4) is 0 Å². The van der Waals surface area contributed by atoms with Crippen LogP contribution in [0.2, 0.25) is 0 Å². The van der Waals surface area contributed by atoms with E-state index in [9.17, 15) is 14.4 Å². The molecule has 0 atom stereocenters. The van der Waals surface area contributed by atoms with Gasteiger partial charge in [0.2, 0.25) is 5.91 Å². The number of urea groups is 1. The summed E-state index contributed by atoms with van der Waals surface area (Å²) in [6.07, 6.45) is 2.11. The Balaban J connectivity index is 1.66. The van der Waals surface area contributed by atoms with Crippen molar-refractivity contribution in [3.63, 3.8) is 0 Å². The second-order valence-electron chi connectivity index (χ2n) is 7.60. The molecule has 1 saturated carbocycles. The van der Waals surface area contributed by atoms with Crippen LogP contribution in [0.4, 0.5) is 4.79 Å². The predicted octanol–water partition coefficient (Wildman–Crippen LogP) is 3.26. The smallest absolute Gasteiger partial charge is 0.325 e. The third kappa shape index (κ3) is 7.71. The largest absolute Gasteiger partial charge is 0.465 e. The van der Waals surface area contributed by atoms with Crippen molar-refractivity contribution in [1.29, 1.82) is 0 Å². The monoisotopic (exact) mass is 443 g/mol. The average Bonchev–Trinajstić information content (AvgIpc) is 3.44. The Bertz CT molecular complexity index is 853. The number of ether oxygens (including phenoxy) is 1. The van der Waals surface area contributed by atoms with Crippen molar-refractivity contribution < 1.29 is 19.1 Å². The summed E-state index contributed by atoms with van der Waals surface area (Å²) in [7, 11) is 0. The minimum Gasteiger partial charge on any atom is -0.465 e. The zero-order valence-electron chi connectivity index (χ0n) is 17.8. The normalized spacial score (nSPS) is 12.8. The van der Waals surface area contributed by atoms with Gasteiger partial charge in [0, 0.05) is 18.0 Å². The highest BCUT2D eigenvalue weighted by Crippen LogP contribution is 2.29. The lowest BCUT2D eigenvalue weighted by molar-refractivity contribution is -0.141. The van der Waals surface area contributed by atoms with E-state index in [0.29, 0.717) is 25.6 Å². The number of esters is 1. The van der Waals surface area contributed by atoms with Crippen LogP contribution in [0.3, 0.4) is 0 Å². The van der Waals surface area contributed by atoms with Crippen LogP contribution in [0.1, 0.15) is 30.2 Å². The van der Waals surface area contributed by atoms with Crippen molar-refractivity contribution in [2.24, 2.45) is 5.92 Å². The lowest BCUT2D eigenvalue weighted by Crippen LogP contribution is -2.48. The quantitative estimate of drug-likeness (QED) is 0.541. The van der Waals surface area contributed by atoms with Crippen molar-refractivity contribution in [3.05, 3.63) is 58.3 Å². The maximum Gasteiger partial charge on any atom is 0.325 e. The van der Waals surface area contributed by atoms with Gasteiger partial charge in [-0.2, -0.15) is 0 Å². The van der Waals surface area contributed by atoms with Crippen LogP contribution in [-0.2, 0) is 27.4 Å². The Kier molecular flexibility index (Phi) is 8.46. The van der Waals surface area contributed by atoms with Crippen LogP contribution < -0.4 is 5.32 Å². The van der Waals surface area contributed by atoms with Crippen LogP contribution in [0.25, 0.3) is 0 Å². The zero-order chi connectivity index (χ0) is 22.1. The second kappa shape index (κ2) is 11.5. The van der Waals surface area contributed by atoms with E-state index in [4.69, 9.17) is 4.74 Å². The summed E-state index contributed by atoms with van der Waals surface area (Å²) in [5, 5.41) is 4.57. The maximum absolute atomic E-state index is 13.2. The summed E-state index contributed by atoms with van der Waals surface area (Å²) in [4.78, 5) is 41.9. The molecule has 2 aromatic rings. The molecule has 1 aliphatic carbocycles. The number of thiophene rings is 1. The molecule has 1 heterocycles. The van der Waals surface area contributed by atoms with Gasteiger partial charge in [0.1, 0.15) is 13.1 Å². The fourth-order valence-corrected chi connectivity index (χ4v) is 3.91. The van der Waals surface area contributed by atoms with E-state index in [1.54, 1.807) is 23.2 Å². The first-order valence-electron chi connectivity index (χ1n) is 10.6. The topological polar surface area (TPSA) is 79.0 Å². The average molecular weight is 444 g/mol. The molecule has 1 aromatic carbocycles. The highest BCUT2D eigenvalue weighted by molar-refractivity contribution is 7.09. The van der Waals surface area contributed by atoms with Gasteiger partial charge in [-0.1, -0.05) is 36.4 Å². The van der Waals surface area contributed by atoms with E-state index in [2.05, 4.69) is 5.32 Å². The number of rotatable bonds is 11. The number of carbonyl (C=O) groups excluding carboxylic acids is 3. The van der Waals surface area contributed by atoms with E-state index in [-0.39, 0.29) is 25.6 Å². The molecule has 0 unspecified atom stereocenters. The molecule has 1 aromatic heterocycles. The molecule has 0 aliphatic heterocycles. The first kappa shape index (κ1) is 22.8. The minimum atomic E-state index is -0.489. The van der Waals surface area contributed by atoms with Crippen molar-refractivity contribution in [2.45, 2.75) is 32.9 Å². The lowest BCUT2D eigenvalue weighted by atomic mass is 10.2. The molecule has 3 rings (SSSR count). The first-order valence-corrected chi connectivity index (χ1v) is 11.5. The molecule has 0 radical (unpaired) electrons. The van der Waals surface area contributed by atoms with Crippen LogP contribution >= 0.6 is 11.3 Å². The fourth-order valence-electron chi connectivity index (χ4n) is 3.19. The molecule has 3 amide bonds. The van der Waals surface area contributed by atoms with Gasteiger partial charge in [0.15, 0.2) is 0 Å². The first-order chi connectivity index (χ1) is 15.0. The molecule has 0 spiro atoms. The van der Waals surface area contributed by atoms with E-state index in [1.165, 1.54) is 4.90 Å². The molecular formula is C23H29N3O4S. The highest BCUT2D eigenvalue weighted by Gasteiger charge is 2.29. The fraction of sp³-hybridized carbons (Fsp3) is 0.435. The third-order valence-electron chi connectivity index (χ3n) is 4.97. The van der Waals surface area contributed by atoms with Gasteiger partial charge in [0.05, 0.1) is 13.2 Å². The van der Waals surface area contributed by atoms with Crippen LogP contribution in [0.5, 0.6) is 0 Å². The summed E-state index contributed by atoms with van der Waals surface area (Å²) in [6, 6.07) is 13.4. The Morgan fingerprint density at radius 3 is 2.48 bits per heavy atom. The zero-order valence-corrected chi connectivity index (χ0v) is 18.6. The van der Waals surface area contributed by atoms with Gasteiger partial charge < -0.3 is 19.9 Å². The van der Waals surface area contributed by atoms with E-state index < -0.39 is 12.0 Å². The second-order valence-corrected chi connectivity index (χ2v) is 8.63. The lowest BCUT2D eigenvalue weighted by Gasteiger charge is -2.28. The van der Waals surface area contributed by atoms with Gasteiger partial charge in [0.25, 0.3) is 0 Å². The summed E-state index contributed by atoms with van der Waals surface area (Å²) in [5.74, 6) is -0.192. The summed E-state index contributed by atoms with van der Waals surface area (Å²) >= 11 is 1.60. The SMILES string of the molecule is CCOC(=O)CNC(=O)N(CC(=O)N(Cc1ccccc1)Cc1cccs1)CC1CC1. The maximum atomic E-state index is 13.2. The van der Waals surface area contributed by atoms with Gasteiger partial charge >= 0.3 is 12.0 Å². The van der Waals surface area contributed by atoms with Crippen LogP contribution in [0.15, 0.2) is 47.8 Å². The third-order valence-corrected chi connectivity index (χ3v) is 5.84. The number of hydrogen-bond donors (Lipinski definition) is 1. The van der Waals surface area contributed by atoms with E-state index in [0.717, 1.165) is 23.3 Å². The van der Waals surface area contributed by atoms with Crippen LogP contribution in [0, 0.1) is 5.92 Å². The number of nitrogens with one attached hydrogen (secondary N) is 1. The predicted molar refractivity (Wildman–Crippen MR) is 119 cm³/mol. The number of nitrogens with zero attached hydrogens (tertiary/aromatic N) is 2. The molecule has 166 valence electrons. The molecule has 8 heteroatoms. The molecule has 7 nitrogen and oxygen atoms in total. The van der Waals surface area contributed by atoms with E-state index >= 15 is 0 Å². The minimum absolute atomic E-state index is 0.0244. The summed E-state index contributed by atoms with van der Waals surface area (Å²) < 4.78 is 4.86. The number of benzene rings is 1. The van der Waals surface area contributed by atoms with Crippen molar-refractivity contribution >= 4 is 29.2 Å². The van der Waals surface area contributed by atoms with Gasteiger partial charge in [-0.25, -0.2) is 4.79 Å². The van der Waals surface area contributed by atoms with E-state index in [1.807, 2.05) is 47.8 Å². The Morgan fingerprint density at radius 1 is 1.06 bits per heavy atom. The van der Waals surface area contributed by atoms with Gasteiger partial charge in [-0.05, 0) is 42.7 Å². The van der Waals surface area contributed by atoms with Crippen molar-refractivity contribution in [1.82, 2.24) is 15.1 Å². The molecule has 0 saturated heterocycles. The van der Waals surface area contributed by atoms with Crippen molar-refractivity contribution in [2.75, 3.05) is 26.2 Å². The molecular weight excluding hydrogens is 414 g/mol. The Morgan fingerprint density at radius 2 is 1.84 bits per heavy atom. The van der Waals surface area contributed by atoms with Gasteiger partial charge in [-0.3, -0.25) is 9.59 Å². The molecule has 1 aliphatic rings. The van der Waals surface area contributed by atoms with Crippen LogP contribution in [-0.4, -0.2) is 53.9 Å². The summed E-state index contributed by atoms with van der Waals surface area (Å²) in [6.45, 7) is 3.22. The Hall–Kier alpha value is -2.87. The standard InChI is InChI=1S/C23H29N3O4S/c1-2-30-22(28)13-24-23(29)26(15-19-10-11-19)17-21(27)25(16-20-9-6-12-31-20)14-18-7-4-3-5-8-18/h3-9,12,19H,2,10-11,13-17H2,1H3,(H,24,29). The molecule has 31 heavy (non-hydrogen) atoms. The number of amides is 3. The summed E-state index contributed by atoms with van der Waals surface area (Å²) in [5.41, 5.74) is 1.04. The highest BCUT2D eigenvalue weighted by atomic mass is 32.1. The molecule has 0 bridgehead atoms. The molecule has 1 N–H and O–H groups in total.